The predicted octanol–water partition coefficient (Wildman–Crippen LogP) is 0.0766. The lowest BCUT2D eigenvalue weighted by atomic mass is 10.1. The summed E-state index contributed by atoms with van der Waals surface area (Å²) >= 11 is 0. The van der Waals surface area contributed by atoms with E-state index in [9.17, 15) is 4.79 Å². The summed E-state index contributed by atoms with van der Waals surface area (Å²) in [7, 11) is 2.08. The monoisotopic (exact) mass is 211 g/mol. The quantitative estimate of drug-likeness (QED) is 0.654. The van der Waals surface area contributed by atoms with Crippen molar-refractivity contribution in [1.29, 1.82) is 0 Å². The third-order valence-electron chi connectivity index (χ3n) is 3.33. The number of nitrogens with two attached hydrogens (primary N) is 1. The normalized spacial score (nSPS) is 22.9. The molecule has 1 atom stereocenters. The van der Waals surface area contributed by atoms with E-state index in [1.807, 2.05) is 0 Å². The van der Waals surface area contributed by atoms with Crippen molar-refractivity contribution in [2.75, 3.05) is 13.6 Å². The molecule has 0 radical (unpaired) electrons. The number of hydrogen-bond donors (Lipinski definition) is 2. The summed E-state index contributed by atoms with van der Waals surface area (Å²) in [6, 6.07) is 1.35. The van der Waals surface area contributed by atoms with Crippen LogP contribution in [0.3, 0.4) is 0 Å². The largest absolute Gasteiger partial charge is 0.353 e. The molecular formula is C11H21N3O. The van der Waals surface area contributed by atoms with Gasteiger partial charge < -0.3 is 11.1 Å². The highest BCUT2D eigenvalue weighted by Crippen LogP contribution is 2.27. The van der Waals surface area contributed by atoms with Crippen LogP contribution in [0.4, 0.5) is 0 Å². The number of rotatable bonds is 6. The van der Waals surface area contributed by atoms with Crippen LogP contribution in [0, 0.1) is 0 Å². The average Bonchev–Trinajstić information content (AvgIpc) is 3.03. The molecule has 0 aromatic carbocycles. The smallest absolute Gasteiger partial charge is 0.221 e. The molecule has 0 aromatic heterocycles. The van der Waals surface area contributed by atoms with Gasteiger partial charge in [-0.1, -0.05) is 0 Å². The molecule has 0 spiro atoms. The van der Waals surface area contributed by atoms with Gasteiger partial charge in [-0.3, -0.25) is 9.69 Å². The molecule has 3 N–H and O–H groups in total. The maximum absolute atomic E-state index is 11.6. The van der Waals surface area contributed by atoms with Gasteiger partial charge in [0.2, 0.25) is 5.91 Å². The number of nitrogens with zero attached hydrogens (tertiary/aromatic N) is 1. The molecular weight excluding hydrogens is 190 g/mol. The number of carbonyl (C=O) groups excluding carboxylic acids is 1. The summed E-state index contributed by atoms with van der Waals surface area (Å²) in [6.45, 7) is 0.574. The van der Waals surface area contributed by atoms with Crippen LogP contribution >= 0.6 is 0 Å². The molecule has 4 nitrogen and oxygen atoms in total. The van der Waals surface area contributed by atoms with Gasteiger partial charge in [-0.2, -0.15) is 0 Å². The van der Waals surface area contributed by atoms with E-state index in [0.29, 0.717) is 25.0 Å². The number of likely N-dealkylation sites (N-methyl/N-ethyl adjacent to an activating group) is 1. The number of amides is 1. The molecule has 4 heteroatoms. The van der Waals surface area contributed by atoms with Crippen LogP contribution in [0.5, 0.6) is 0 Å². The van der Waals surface area contributed by atoms with Crippen molar-refractivity contribution < 1.29 is 4.79 Å². The molecule has 0 aliphatic heterocycles. The highest BCUT2D eigenvalue weighted by Gasteiger charge is 2.32. The second-order valence-electron chi connectivity index (χ2n) is 4.83. The molecule has 15 heavy (non-hydrogen) atoms. The number of nitrogens with one attached hydrogen (secondary N) is 1. The summed E-state index contributed by atoms with van der Waals surface area (Å²) in [5.41, 5.74) is 5.71. The third-order valence-corrected chi connectivity index (χ3v) is 3.33. The van der Waals surface area contributed by atoms with Crippen LogP contribution in [-0.2, 0) is 4.79 Å². The van der Waals surface area contributed by atoms with Crippen LogP contribution in [0.2, 0.25) is 0 Å². The van der Waals surface area contributed by atoms with E-state index in [1.54, 1.807) is 0 Å². The Bertz CT molecular complexity index is 236. The van der Waals surface area contributed by atoms with Crippen LogP contribution in [0.15, 0.2) is 0 Å². The highest BCUT2D eigenvalue weighted by atomic mass is 16.1. The van der Waals surface area contributed by atoms with E-state index in [1.165, 1.54) is 12.8 Å². The maximum atomic E-state index is 11.6. The van der Waals surface area contributed by atoms with Crippen molar-refractivity contribution in [3.05, 3.63) is 0 Å². The minimum atomic E-state index is 0.167. The fourth-order valence-electron chi connectivity index (χ4n) is 1.90. The highest BCUT2D eigenvalue weighted by molar-refractivity contribution is 5.77. The van der Waals surface area contributed by atoms with Crippen molar-refractivity contribution in [1.82, 2.24) is 10.2 Å². The Hall–Kier alpha value is -0.610. The summed E-state index contributed by atoms with van der Waals surface area (Å²) in [5, 5.41) is 3.01. The Kier molecular flexibility index (Phi) is 3.26. The Morgan fingerprint density at radius 1 is 1.47 bits per heavy atom. The lowest BCUT2D eigenvalue weighted by Gasteiger charge is -2.26. The second kappa shape index (κ2) is 4.49. The lowest BCUT2D eigenvalue weighted by Crippen LogP contribution is -2.43. The van der Waals surface area contributed by atoms with Gasteiger partial charge in [-0.25, -0.2) is 0 Å². The van der Waals surface area contributed by atoms with Gasteiger partial charge in [0, 0.05) is 31.1 Å². The van der Waals surface area contributed by atoms with E-state index < -0.39 is 0 Å². The van der Waals surface area contributed by atoms with Crippen molar-refractivity contribution in [3.63, 3.8) is 0 Å². The lowest BCUT2D eigenvalue weighted by molar-refractivity contribution is -0.122. The van der Waals surface area contributed by atoms with Crippen LogP contribution < -0.4 is 11.1 Å². The first kappa shape index (κ1) is 10.9. The first-order valence-electron chi connectivity index (χ1n) is 5.92. The molecule has 2 rings (SSSR count). The molecule has 1 amide bonds. The van der Waals surface area contributed by atoms with E-state index >= 15 is 0 Å². The van der Waals surface area contributed by atoms with Crippen molar-refractivity contribution in [3.8, 4) is 0 Å². The van der Waals surface area contributed by atoms with Gasteiger partial charge in [-0.05, 0) is 32.7 Å². The van der Waals surface area contributed by atoms with E-state index in [4.69, 9.17) is 5.73 Å². The van der Waals surface area contributed by atoms with Gasteiger partial charge in [0.05, 0.1) is 0 Å². The zero-order valence-electron chi connectivity index (χ0n) is 9.41. The zero-order chi connectivity index (χ0) is 10.8. The topological polar surface area (TPSA) is 58.4 Å². The molecule has 0 saturated heterocycles. The standard InChI is InChI=1S/C11H21N3O/c1-14(9-4-5-9)10(7-12)6-11(15)13-8-2-3-8/h8-10H,2-7,12H2,1H3,(H,13,15). The molecule has 86 valence electrons. The minimum Gasteiger partial charge on any atom is -0.353 e. The van der Waals surface area contributed by atoms with Gasteiger partial charge in [0.1, 0.15) is 0 Å². The summed E-state index contributed by atoms with van der Waals surface area (Å²) in [6.07, 6.45) is 5.38. The Morgan fingerprint density at radius 3 is 2.60 bits per heavy atom. The third kappa shape index (κ3) is 3.18. The first-order chi connectivity index (χ1) is 7.20. The van der Waals surface area contributed by atoms with E-state index in [-0.39, 0.29) is 11.9 Å². The maximum Gasteiger partial charge on any atom is 0.221 e. The van der Waals surface area contributed by atoms with Crippen LogP contribution in [-0.4, -0.2) is 42.5 Å². The molecule has 0 bridgehead atoms. The van der Waals surface area contributed by atoms with Crippen molar-refractivity contribution >= 4 is 5.91 Å². The van der Waals surface area contributed by atoms with E-state index in [0.717, 1.165) is 12.8 Å². The molecule has 1 unspecified atom stereocenters. The Labute approximate surface area is 91.2 Å². The summed E-state index contributed by atoms with van der Waals surface area (Å²) in [5.74, 6) is 0.167. The van der Waals surface area contributed by atoms with Gasteiger partial charge in [-0.15, -0.1) is 0 Å². The van der Waals surface area contributed by atoms with Crippen molar-refractivity contribution in [2.24, 2.45) is 5.73 Å². The fraction of sp³-hybridized carbons (Fsp3) is 0.909. The van der Waals surface area contributed by atoms with E-state index in [2.05, 4.69) is 17.3 Å². The fourth-order valence-corrected chi connectivity index (χ4v) is 1.90. The molecule has 0 heterocycles. The summed E-state index contributed by atoms with van der Waals surface area (Å²) in [4.78, 5) is 13.9. The zero-order valence-corrected chi connectivity index (χ0v) is 9.41. The summed E-state index contributed by atoms with van der Waals surface area (Å²) < 4.78 is 0. The van der Waals surface area contributed by atoms with Crippen LogP contribution in [0.25, 0.3) is 0 Å². The second-order valence-corrected chi connectivity index (χ2v) is 4.83. The molecule has 2 aliphatic carbocycles. The van der Waals surface area contributed by atoms with Gasteiger partial charge >= 0.3 is 0 Å². The van der Waals surface area contributed by atoms with Crippen LogP contribution in [0.1, 0.15) is 32.1 Å². The SMILES string of the molecule is CN(C1CC1)C(CN)CC(=O)NC1CC1. The number of hydrogen-bond acceptors (Lipinski definition) is 3. The van der Waals surface area contributed by atoms with Crippen molar-refractivity contribution in [2.45, 2.75) is 50.2 Å². The predicted molar refractivity (Wildman–Crippen MR) is 59.4 cm³/mol. The molecule has 2 aliphatic rings. The van der Waals surface area contributed by atoms with Gasteiger partial charge in [0.15, 0.2) is 0 Å². The molecule has 2 fully saturated rings. The average molecular weight is 211 g/mol. The first-order valence-corrected chi connectivity index (χ1v) is 5.92. The van der Waals surface area contributed by atoms with Gasteiger partial charge in [0.25, 0.3) is 0 Å². The Balaban J connectivity index is 1.75. The molecule has 0 aromatic rings. The Morgan fingerprint density at radius 2 is 2.13 bits per heavy atom. The minimum absolute atomic E-state index is 0.167. The number of carbonyl (C=O) groups is 1. The molecule has 2 saturated carbocycles.